The molecule has 180 valence electrons. The summed E-state index contributed by atoms with van der Waals surface area (Å²) >= 11 is 0. The highest BCUT2D eigenvalue weighted by molar-refractivity contribution is 6.06. The molecule has 2 heterocycles. The van der Waals surface area contributed by atoms with Gasteiger partial charge in [0, 0.05) is 43.5 Å². The summed E-state index contributed by atoms with van der Waals surface area (Å²) in [5, 5.41) is 14.4. The number of amides is 1. The topological polar surface area (TPSA) is 114 Å². The summed E-state index contributed by atoms with van der Waals surface area (Å²) in [6.07, 6.45) is 1.98. The SMILES string of the molecule is CCOC(=O)c1cc(NC(=O)c2ccc(N3CCCC3)c([N+](=O)[O-])c2)ccc1N1CCOCC1. The van der Waals surface area contributed by atoms with Crippen LogP contribution in [0.25, 0.3) is 0 Å². The summed E-state index contributed by atoms with van der Waals surface area (Å²) in [7, 11) is 0. The van der Waals surface area contributed by atoms with Gasteiger partial charge in [0.25, 0.3) is 11.6 Å². The van der Waals surface area contributed by atoms with E-state index in [-0.39, 0.29) is 17.9 Å². The van der Waals surface area contributed by atoms with Crippen molar-refractivity contribution in [1.82, 2.24) is 0 Å². The van der Waals surface area contributed by atoms with Gasteiger partial charge in [-0.05, 0) is 50.1 Å². The summed E-state index contributed by atoms with van der Waals surface area (Å²) in [6.45, 7) is 5.90. The van der Waals surface area contributed by atoms with Gasteiger partial charge in [-0.1, -0.05) is 0 Å². The number of nitro benzene ring substituents is 1. The maximum atomic E-state index is 12.9. The van der Waals surface area contributed by atoms with Crippen molar-refractivity contribution in [1.29, 1.82) is 0 Å². The van der Waals surface area contributed by atoms with Crippen molar-refractivity contribution in [3.05, 3.63) is 57.6 Å². The number of anilines is 3. The summed E-state index contributed by atoms with van der Waals surface area (Å²) < 4.78 is 10.6. The van der Waals surface area contributed by atoms with Crippen LogP contribution in [-0.4, -0.2) is 62.8 Å². The Bertz CT molecular complexity index is 1080. The molecule has 4 rings (SSSR count). The van der Waals surface area contributed by atoms with Crippen molar-refractivity contribution in [3.8, 4) is 0 Å². The number of hydrogen-bond acceptors (Lipinski definition) is 8. The Morgan fingerprint density at radius 1 is 1.03 bits per heavy atom. The molecule has 1 N–H and O–H groups in total. The molecule has 2 aliphatic rings. The maximum Gasteiger partial charge on any atom is 0.340 e. The molecule has 2 aromatic rings. The van der Waals surface area contributed by atoms with Gasteiger partial charge in [0.05, 0.1) is 36.0 Å². The van der Waals surface area contributed by atoms with E-state index in [1.54, 1.807) is 37.3 Å². The van der Waals surface area contributed by atoms with E-state index in [4.69, 9.17) is 9.47 Å². The summed E-state index contributed by atoms with van der Waals surface area (Å²) in [5.41, 5.74) is 2.06. The van der Waals surface area contributed by atoms with Gasteiger partial charge in [-0.15, -0.1) is 0 Å². The molecule has 2 aliphatic heterocycles. The lowest BCUT2D eigenvalue weighted by Gasteiger charge is -2.30. The number of nitrogens with one attached hydrogen (secondary N) is 1. The average Bonchev–Trinajstić information content (AvgIpc) is 3.39. The third-order valence-electron chi connectivity index (χ3n) is 5.98. The van der Waals surface area contributed by atoms with E-state index in [1.807, 2.05) is 9.80 Å². The van der Waals surface area contributed by atoms with Crippen LogP contribution >= 0.6 is 0 Å². The van der Waals surface area contributed by atoms with Crippen molar-refractivity contribution < 1.29 is 24.0 Å². The number of hydrogen-bond donors (Lipinski definition) is 1. The number of carbonyl (C=O) groups excluding carboxylic acids is 2. The van der Waals surface area contributed by atoms with Gasteiger partial charge in [-0.3, -0.25) is 14.9 Å². The minimum Gasteiger partial charge on any atom is -0.462 e. The molecule has 0 atom stereocenters. The van der Waals surface area contributed by atoms with E-state index in [2.05, 4.69) is 5.32 Å². The number of benzene rings is 2. The molecule has 0 radical (unpaired) electrons. The van der Waals surface area contributed by atoms with Crippen molar-refractivity contribution >= 4 is 34.6 Å². The van der Waals surface area contributed by atoms with E-state index in [0.717, 1.165) is 25.9 Å². The molecule has 0 bridgehead atoms. The smallest absolute Gasteiger partial charge is 0.340 e. The third-order valence-corrected chi connectivity index (χ3v) is 5.98. The van der Waals surface area contributed by atoms with E-state index >= 15 is 0 Å². The lowest BCUT2D eigenvalue weighted by molar-refractivity contribution is -0.384. The number of nitro groups is 1. The first-order valence-corrected chi connectivity index (χ1v) is 11.5. The van der Waals surface area contributed by atoms with Crippen LogP contribution in [0.15, 0.2) is 36.4 Å². The lowest BCUT2D eigenvalue weighted by atomic mass is 10.1. The fourth-order valence-electron chi connectivity index (χ4n) is 4.31. The first-order valence-electron chi connectivity index (χ1n) is 11.5. The van der Waals surface area contributed by atoms with Crippen LogP contribution in [0.1, 0.15) is 40.5 Å². The molecular formula is C24H28N4O6. The van der Waals surface area contributed by atoms with Crippen LogP contribution in [0, 0.1) is 10.1 Å². The van der Waals surface area contributed by atoms with Gasteiger partial charge in [0.1, 0.15) is 5.69 Å². The number of nitrogens with zero attached hydrogens (tertiary/aromatic N) is 3. The Morgan fingerprint density at radius 2 is 1.71 bits per heavy atom. The van der Waals surface area contributed by atoms with E-state index in [0.29, 0.717) is 48.9 Å². The second kappa shape index (κ2) is 10.5. The molecule has 10 nitrogen and oxygen atoms in total. The Balaban J connectivity index is 1.58. The van der Waals surface area contributed by atoms with Crippen LogP contribution in [-0.2, 0) is 9.47 Å². The molecule has 1 amide bonds. The van der Waals surface area contributed by atoms with Crippen LogP contribution < -0.4 is 15.1 Å². The second-order valence-electron chi connectivity index (χ2n) is 8.16. The molecule has 0 saturated carbocycles. The van der Waals surface area contributed by atoms with Gasteiger partial charge in [0.2, 0.25) is 0 Å². The molecule has 0 spiro atoms. The molecule has 0 aromatic heterocycles. The highest BCUT2D eigenvalue weighted by atomic mass is 16.6. The molecule has 2 saturated heterocycles. The summed E-state index contributed by atoms with van der Waals surface area (Å²) in [6, 6.07) is 9.57. The summed E-state index contributed by atoms with van der Waals surface area (Å²) in [4.78, 5) is 40.8. The molecular weight excluding hydrogens is 440 g/mol. The molecule has 0 unspecified atom stereocenters. The van der Waals surface area contributed by atoms with Crippen molar-refractivity contribution in [2.24, 2.45) is 0 Å². The predicted molar refractivity (Wildman–Crippen MR) is 128 cm³/mol. The highest BCUT2D eigenvalue weighted by Crippen LogP contribution is 2.32. The van der Waals surface area contributed by atoms with Gasteiger partial charge in [0.15, 0.2) is 0 Å². The molecule has 2 aromatic carbocycles. The standard InChI is InChI=1S/C24H28N4O6/c1-2-34-24(30)19-16-18(6-8-20(19)27-11-13-33-14-12-27)25-23(29)17-5-7-21(22(15-17)28(31)32)26-9-3-4-10-26/h5-8,15-16H,2-4,9-14H2,1H3,(H,25,29). The van der Waals surface area contributed by atoms with E-state index < -0.39 is 16.8 Å². The fraction of sp³-hybridized carbons (Fsp3) is 0.417. The maximum absolute atomic E-state index is 12.9. The Hall–Kier alpha value is -3.66. The van der Waals surface area contributed by atoms with Crippen molar-refractivity contribution in [3.63, 3.8) is 0 Å². The third kappa shape index (κ3) is 5.12. The monoisotopic (exact) mass is 468 g/mol. The highest BCUT2D eigenvalue weighted by Gasteiger charge is 2.25. The molecule has 34 heavy (non-hydrogen) atoms. The zero-order valence-corrected chi connectivity index (χ0v) is 19.1. The van der Waals surface area contributed by atoms with Gasteiger partial charge >= 0.3 is 5.97 Å². The fourth-order valence-corrected chi connectivity index (χ4v) is 4.31. The van der Waals surface area contributed by atoms with Crippen LogP contribution in [0.4, 0.5) is 22.7 Å². The Morgan fingerprint density at radius 3 is 2.38 bits per heavy atom. The largest absolute Gasteiger partial charge is 0.462 e. The second-order valence-corrected chi connectivity index (χ2v) is 8.16. The first-order chi connectivity index (χ1) is 16.5. The molecule has 2 fully saturated rings. The van der Waals surface area contributed by atoms with Crippen LogP contribution in [0.2, 0.25) is 0 Å². The average molecular weight is 469 g/mol. The Kier molecular flexibility index (Phi) is 7.27. The quantitative estimate of drug-likeness (QED) is 0.373. The van der Waals surface area contributed by atoms with Crippen LogP contribution in [0.5, 0.6) is 0 Å². The normalized spacial score (nSPS) is 15.8. The van der Waals surface area contributed by atoms with E-state index in [9.17, 15) is 19.7 Å². The number of esters is 1. The number of ether oxygens (including phenoxy) is 2. The Labute approximate surface area is 197 Å². The zero-order valence-electron chi connectivity index (χ0n) is 19.1. The zero-order chi connectivity index (χ0) is 24.1. The molecule has 0 aliphatic carbocycles. The number of carbonyl (C=O) groups is 2. The number of rotatable bonds is 7. The van der Waals surface area contributed by atoms with Gasteiger partial charge in [-0.25, -0.2) is 4.79 Å². The van der Waals surface area contributed by atoms with Crippen molar-refractivity contribution in [2.45, 2.75) is 19.8 Å². The van der Waals surface area contributed by atoms with Gasteiger partial charge in [-0.2, -0.15) is 0 Å². The van der Waals surface area contributed by atoms with Gasteiger partial charge < -0.3 is 24.6 Å². The minimum atomic E-state index is -0.495. The van der Waals surface area contributed by atoms with Crippen molar-refractivity contribution in [2.75, 3.05) is 61.1 Å². The van der Waals surface area contributed by atoms with E-state index in [1.165, 1.54) is 6.07 Å². The first kappa shape index (κ1) is 23.5. The molecule has 10 heteroatoms. The van der Waals surface area contributed by atoms with Crippen LogP contribution in [0.3, 0.4) is 0 Å². The summed E-state index contributed by atoms with van der Waals surface area (Å²) in [5.74, 6) is -0.976. The lowest BCUT2D eigenvalue weighted by Crippen LogP contribution is -2.37. The predicted octanol–water partition coefficient (Wildman–Crippen LogP) is 3.46. The minimum absolute atomic E-state index is 0.0931. The number of morpholine rings is 1.